The molecule has 0 radical (unpaired) electrons. The molecule has 5 rings (SSSR count). The molecule has 1 aliphatic rings. The number of likely N-dealkylation sites (tertiary alicyclic amines) is 1. The van der Waals surface area contributed by atoms with Crippen LogP contribution in [-0.2, 0) is 4.79 Å². The normalized spacial score (nSPS) is 17.0. The van der Waals surface area contributed by atoms with Crippen molar-refractivity contribution < 1.29 is 18.3 Å². The van der Waals surface area contributed by atoms with E-state index in [1.54, 1.807) is 4.90 Å². The van der Waals surface area contributed by atoms with E-state index in [0.717, 1.165) is 11.3 Å². The number of amides is 1. The van der Waals surface area contributed by atoms with Crippen LogP contribution in [0.2, 0.25) is 0 Å². The van der Waals surface area contributed by atoms with Crippen LogP contribution in [0.1, 0.15) is 25.3 Å². The van der Waals surface area contributed by atoms with E-state index in [1.165, 1.54) is 31.5 Å². The Bertz CT molecular complexity index is 1680. The van der Waals surface area contributed by atoms with Crippen LogP contribution in [0.15, 0.2) is 31.0 Å². The van der Waals surface area contributed by atoms with Crippen LogP contribution in [0.3, 0.4) is 0 Å². The average Bonchev–Trinajstić information content (AvgIpc) is 3.53. The van der Waals surface area contributed by atoms with E-state index in [9.17, 15) is 14.4 Å². The summed E-state index contributed by atoms with van der Waals surface area (Å²) in [5.74, 6) is -1.08. The quantitative estimate of drug-likeness (QED) is 0.345. The Morgan fingerprint density at radius 2 is 2.18 bits per heavy atom. The lowest BCUT2D eigenvalue weighted by atomic mass is 10.0. The number of aromatic nitrogens is 3. The van der Waals surface area contributed by atoms with Gasteiger partial charge in [-0.2, -0.15) is 15.2 Å². The van der Waals surface area contributed by atoms with E-state index >= 15 is 4.39 Å². The van der Waals surface area contributed by atoms with E-state index in [1.807, 2.05) is 24.9 Å². The number of nitrogens with zero attached hydrogens (tertiary/aromatic N) is 6. The zero-order valence-corrected chi connectivity index (χ0v) is 22.4. The lowest BCUT2D eigenvalue weighted by Crippen LogP contribution is -2.45. The first-order valence-corrected chi connectivity index (χ1v) is 13.0. The Morgan fingerprint density at radius 3 is 2.85 bits per heavy atom. The topological polar surface area (TPSA) is 121 Å². The molecule has 39 heavy (non-hydrogen) atoms. The molecule has 12 heteroatoms. The van der Waals surface area contributed by atoms with Crippen molar-refractivity contribution in [2.45, 2.75) is 31.8 Å². The number of hydrogen-bond donors (Lipinski definition) is 1. The number of halogens is 2. The number of rotatable bonds is 6. The number of anilines is 2. The fourth-order valence-corrected chi connectivity index (χ4v) is 6.35. The van der Waals surface area contributed by atoms with Crippen LogP contribution >= 0.6 is 11.3 Å². The number of carbonyl (C=O) groups is 1. The number of benzene rings is 1. The van der Waals surface area contributed by atoms with Crippen molar-refractivity contribution in [1.82, 2.24) is 19.9 Å². The lowest BCUT2D eigenvalue weighted by molar-refractivity contribution is -0.126. The Kier molecular flexibility index (Phi) is 6.78. The van der Waals surface area contributed by atoms with Gasteiger partial charge >= 0.3 is 6.01 Å². The van der Waals surface area contributed by atoms with Crippen molar-refractivity contribution in [3.63, 3.8) is 0 Å². The Morgan fingerprint density at radius 1 is 1.41 bits per heavy atom. The third-order valence-corrected chi connectivity index (χ3v) is 8.26. The van der Waals surface area contributed by atoms with Gasteiger partial charge in [0.15, 0.2) is 5.82 Å². The Labute approximate surface area is 227 Å². The van der Waals surface area contributed by atoms with Crippen LogP contribution in [0.5, 0.6) is 6.01 Å². The van der Waals surface area contributed by atoms with Gasteiger partial charge in [0.25, 0.3) is 0 Å². The average molecular weight is 550 g/mol. The van der Waals surface area contributed by atoms with E-state index in [4.69, 9.17) is 10.5 Å². The van der Waals surface area contributed by atoms with Crippen molar-refractivity contribution in [2.75, 3.05) is 31.3 Å². The highest BCUT2D eigenvalue weighted by molar-refractivity contribution is 7.23. The number of methoxy groups -OCH3 is 1. The molecule has 0 aliphatic carbocycles. The standard InChI is InChI=1S/C27H25F2N7O2S/c1-5-17-18(9-10-36(17)19(37)6-2)35(3)26-15-12-32-22(21(29)23(15)33-27(34-26)38-4)13-7-8-16(28)24-20(13)14(11-30)25(31)39-24/h6-8,12,17-18H,2,5,9-10,31H2,1,3-4H3/t17-,18-/m1/s1. The molecular formula is C27H25F2N7O2S. The van der Waals surface area contributed by atoms with Gasteiger partial charge in [-0.3, -0.25) is 9.78 Å². The fourth-order valence-electron chi connectivity index (χ4n) is 5.40. The number of ether oxygens (including phenoxy) is 1. The number of thiophene rings is 1. The molecule has 200 valence electrons. The highest BCUT2D eigenvalue weighted by Gasteiger charge is 2.38. The summed E-state index contributed by atoms with van der Waals surface area (Å²) in [5.41, 5.74) is 6.10. The number of nitrogens with two attached hydrogens (primary N) is 1. The highest BCUT2D eigenvalue weighted by Crippen LogP contribution is 2.42. The molecule has 4 heterocycles. The number of likely N-dealkylation sites (N-methyl/N-ethyl adjacent to an activating group) is 1. The SMILES string of the molecule is C=CC(=O)N1CC[C@@H](N(C)c2nc(OC)nc3c(F)c(-c4ccc(F)c5sc(N)c(C#N)c45)ncc23)[C@H]1CC. The molecule has 2 atom stereocenters. The monoisotopic (exact) mass is 549 g/mol. The predicted molar refractivity (Wildman–Crippen MR) is 147 cm³/mol. The minimum Gasteiger partial charge on any atom is -0.467 e. The molecule has 1 amide bonds. The minimum atomic E-state index is -0.772. The predicted octanol–water partition coefficient (Wildman–Crippen LogP) is 4.65. The summed E-state index contributed by atoms with van der Waals surface area (Å²) < 4.78 is 36.3. The maximum atomic E-state index is 16.2. The second kappa shape index (κ2) is 10.1. The highest BCUT2D eigenvalue weighted by atomic mass is 32.1. The summed E-state index contributed by atoms with van der Waals surface area (Å²) in [4.78, 5) is 29.3. The summed E-state index contributed by atoms with van der Waals surface area (Å²) in [6.45, 7) is 6.17. The second-order valence-electron chi connectivity index (χ2n) is 9.15. The van der Waals surface area contributed by atoms with Crippen LogP contribution in [0, 0.1) is 23.0 Å². The minimum absolute atomic E-state index is 0.0436. The van der Waals surface area contributed by atoms with Gasteiger partial charge in [-0.15, -0.1) is 11.3 Å². The van der Waals surface area contributed by atoms with Gasteiger partial charge in [-0.25, -0.2) is 8.78 Å². The molecule has 4 aromatic rings. The number of carbonyl (C=O) groups excluding carboxylic acids is 1. The van der Waals surface area contributed by atoms with Crippen molar-refractivity contribution in [2.24, 2.45) is 0 Å². The van der Waals surface area contributed by atoms with Crippen LogP contribution in [0.4, 0.5) is 19.6 Å². The summed E-state index contributed by atoms with van der Waals surface area (Å²) in [6, 6.07) is 4.31. The van der Waals surface area contributed by atoms with Crippen molar-refractivity contribution in [3.8, 4) is 23.3 Å². The Hall–Kier alpha value is -4.37. The van der Waals surface area contributed by atoms with Gasteiger partial charge < -0.3 is 20.3 Å². The van der Waals surface area contributed by atoms with Crippen LogP contribution in [-0.4, -0.2) is 58.5 Å². The molecule has 0 spiro atoms. The lowest BCUT2D eigenvalue weighted by Gasteiger charge is -2.33. The molecular weight excluding hydrogens is 524 g/mol. The third-order valence-electron chi connectivity index (χ3n) is 7.23. The molecule has 3 aromatic heterocycles. The number of nitrogen functional groups attached to an aromatic ring is 1. The molecule has 1 aliphatic heterocycles. The molecule has 0 unspecified atom stereocenters. The van der Waals surface area contributed by atoms with Gasteiger partial charge in [0, 0.05) is 30.7 Å². The fraction of sp³-hybridized carbons (Fsp3) is 0.296. The molecule has 1 saturated heterocycles. The molecule has 9 nitrogen and oxygen atoms in total. The van der Waals surface area contributed by atoms with E-state index in [2.05, 4.69) is 21.5 Å². The number of nitriles is 1. The number of fused-ring (bicyclic) bond motifs is 2. The van der Waals surface area contributed by atoms with Gasteiger partial charge in [-0.05, 0) is 31.1 Å². The van der Waals surface area contributed by atoms with E-state index < -0.39 is 11.6 Å². The first-order valence-electron chi connectivity index (χ1n) is 12.2. The Balaban J connectivity index is 1.68. The van der Waals surface area contributed by atoms with Gasteiger partial charge in [0.05, 0.1) is 34.8 Å². The zero-order chi connectivity index (χ0) is 28.0. The maximum Gasteiger partial charge on any atom is 0.318 e. The number of hydrogen-bond acceptors (Lipinski definition) is 9. The zero-order valence-electron chi connectivity index (χ0n) is 21.5. The number of pyridine rings is 1. The van der Waals surface area contributed by atoms with Gasteiger partial charge in [-0.1, -0.05) is 13.5 Å². The maximum absolute atomic E-state index is 16.2. The smallest absolute Gasteiger partial charge is 0.318 e. The molecule has 1 fully saturated rings. The summed E-state index contributed by atoms with van der Waals surface area (Å²) >= 11 is 0.924. The molecule has 2 N–H and O–H groups in total. The van der Waals surface area contributed by atoms with Crippen molar-refractivity contribution in [1.29, 1.82) is 5.26 Å². The summed E-state index contributed by atoms with van der Waals surface area (Å²) in [6.07, 6.45) is 4.15. The van der Waals surface area contributed by atoms with Crippen LogP contribution in [0.25, 0.3) is 32.2 Å². The van der Waals surface area contributed by atoms with Crippen molar-refractivity contribution >= 4 is 49.1 Å². The van der Waals surface area contributed by atoms with Crippen molar-refractivity contribution in [3.05, 3.63) is 48.2 Å². The van der Waals surface area contributed by atoms with E-state index in [-0.39, 0.29) is 61.4 Å². The first-order chi connectivity index (χ1) is 18.7. The van der Waals surface area contributed by atoms with Gasteiger partial charge in [0.1, 0.15) is 33.9 Å². The van der Waals surface area contributed by atoms with E-state index in [0.29, 0.717) is 30.6 Å². The van der Waals surface area contributed by atoms with Crippen LogP contribution < -0.4 is 15.4 Å². The van der Waals surface area contributed by atoms with Gasteiger partial charge in [0.2, 0.25) is 5.91 Å². The molecule has 0 saturated carbocycles. The molecule has 1 aromatic carbocycles. The largest absolute Gasteiger partial charge is 0.467 e. The third kappa shape index (κ3) is 4.10. The summed E-state index contributed by atoms with van der Waals surface area (Å²) in [5, 5.41) is 10.3. The molecule has 0 bridgehead atoms. The second-order valence-corrected chi connectivity index (χ2v) is 10.2. The first kappa shape index (κ1) is 26.2. The summed E-state index contributed by atoms with van der Waals surface area (Å²) in [7, 11) is 3.22.